The summed E-state index contributed by atoms with van der Waals surface area (Å²) in [7, 11) is 0. The molecule has 0 fully saturated rings. The van der Waals surface area contributed by atoms with Gasteiger partial charge in [0, 0.05) is 19.5 Å². The molecule has 2 N–H and O–H groups in total. The molecule has 19 heavy (non-hydrogen) atoms. The van der Waals surface area contributed by atoms with Gasteiger partial charge in [0.2, 0.25) is 0 Å². The van der Waals surface area contributed by atoms with Crippen molar-refractivity contribution in [1.82, 2.24) is 10.6 Å². The molecule has 0 aliphatic rings. The van der Waals surface area contributed by atoms with Gasteiger partial charge < -0.3 is 20.2 Å². The Morgan fingerprint density at radius 3 is 2.47 bits per heavy atom. The van der Waals surface area contributed by atoms with Gasteiger partial charge in [-0.25, -0.2) is 4.79 Å². The molecule has 1 atom stereocenters. The minimum atomic E-state index is -0.387. The molecule has 0 spiro atoms. The second kappa shape index (κ2) is 12.0. The van der Waals surface area contributed by atoms with E-state index >= 15 is 0 Å². The van der Waals surface area contributed by atoms with Crippen LogP contribution >= 0.6 is 0 Å². The van der Waals surface area contributed by atoms with E-state index in [0.717, 1.165) is 32.4 Å². The van der Waals surface area contributed by atoms with Gasteiger partial charge in [-0.2, -0.15) is 0 Å². The number of hydrogen-bond donors (Lipinski definition) is 2. The maximum atomic E-state index is 11.6. The van der Waals surface area contributed by atoms with E-state index in [1.807, 2.05) is 6.92 Å². The Kier molecular flexibility index (Phi) is 11.3. The fourth-order valence-corrected chi connectivity index (χ4v) is 1.68. The number of Topliss-reactive ketones (excluding diaryl/α,β-unsaturated/α-hetero) is 1. The highest BCUT2D eigenvalue weighted by molar-refractivity contribution is 5.75. The molecule has 5 heteroatoms. The first-order valence-corrected chi connectivity index (χ1v) is 7.24. The van der Waals surface area contributed by atoms with Gasteiger partial charge in [0.25, 0.3) is 0 Å². The lowest BCUT2D eigenvalue weighted by molar-refractivity contribution is -0.117. The third kappa shape index (κ3) is 11.7. The Hall–Kier alpha value is -1.10. The summed E-state index contributed by atoms with van der Waals surface area (Å²) in [5.41, 5.74) is 0. The van der Waals surface area contributed by atoms with E-state index in [1.165, 1.54) is 0 Å². The lowest BCUT2D eigenvalue weighted by Gasteiger charge is -2.17. The van der Waals surface area contributed by atoms with Gasteiger partial charge >= 0.3 is 6.09 Å². The summed E-state index contributed by atoms with van der Waals surface area (Å²) in [6, 6.07) is 0. The predicted molar refractivity (Wildman–Crippen MR) is 76.3 cm³/mol. The summed E-state index contributed by atoms with van der Waals surface area (Å²) >= 11 is 0. The zero-order valence-electron chi connectivity index (χ0n) is 12.5. The number of unbranched alkanes of at least 4 members (excludes halogenated alkanes) is 1. The minimum Gasteiger partial charge on any atom is -0.446 e. The summed E-state index contributed by atoms with van der Waals surface area (Å²) in [5.74, 6) is 0.137. The van der Waals surface area contributed by atoms with Gasteiger partial charge in [0.15, 0.2) is 0 Å². The van der Waals surface area contributed by atoms with Gasteiger partial charge in [0.05, 0.1) is 0 Å². The molecule has 1 amide bonds. The monoisotopic (exact) mass is 272 g/mol. The van der Waals surface area contributed by atoms with Crippen LogP contribution in [0.5, 0.6) is 0 Å². The second-order valence-electron chi connectivity index (χ2n) is 4.69. The van der Waals surface area contributed by atoms with Crippen molar-refractivity contribution in [1.29, 1.82) is 0 Å². The first-order chi connectivity index (χ1) is 9.10. The SMILES string of the molecule is CCCCC(CCC(C)=O)OC(=O)NCCNCC. The van der Waals surface area contributed by atoms with Crippen molar-refractivity contribution in [3.05, 3.63) is 0 Å². The summed E-state index contributed by atoms with van der Waals surface area (Å²) < 4.78 is 5.35. The number of alkyl carbamates (subject to hydrolysis) is 1. The van der Waals surface area contributed by atoms with Crippen LogP contribution in [0.2, 0.25) is 0 Å². The highest BCUT2D eigenvalue weighted by Crippen LogP contribution is 2.11. The van der Waals surface area contributed by atoms with Crippen molar-refractivity contribution in [3.63, 3.8) is 0 Å². The molecule has 1 unspecified atom stereocenters. The van der Waals surface area contributed by atoms with Gasteiger partial charge in [-0.05, 0) is 26.3 Å². The van der Waals surface area contributed by atoms with Crippen molar-refractivity contribution in [3.8, 4) is 0 Å². The van der Waals surface area contributed by atoms with Gasteiger partial charge in [-0.1, -0.05) is 26.7 Å². The normalized spacial score (nSPS) is 11.9. The van der Waals surface area contributed by atoms with Crippen LogP contribution in [0.15, 0.2) is 0 Å². The highest BCUT2D eigenvalue weighted by Gasteiger charge is 2.14. The molecule has 0 radical (unpaired) electrons. The van der Waals surface area contributed by atoms with Gasteiger partial charge in [-0.15, -0.1) is 0 Å². The van der Waals surface area contributed by atoms with E-state index < -0.39 is 0 Å². The Bertz CT molecular complexity index is 257. The summed E-state index contributed by atoms with van der Waals surface area (Å²) in [4.78, 5) is 22.6. The number of ketones is 1. The van der Waals surface area contributed by atoms with E-state index in [4.69, 9.17) is 4.74 Å². The number of likely N-dealkylation sites (N-methyl/N-ethyl adjacent to an activating group) is 1. The molecule has 0 aliphatic carbocycles. The molecule has 0 heterocycles. The maximum Gasteiger partial charge on any atom is 0.407 e. The molecule has 0 aromatic rings. The number of amides is 1. The van der Waals surface area contributed by atoms with E-state index in [-0.39, 0.29) is 18.0 Å². The minimum absolute atomic E-state index is 0.137. The molecule has 0 bridgehead atoms. The quantitative estimate of drug-likeness (QED) is 0.566. The first-order valence-electron chi connectivity index (χ1n) is 7.24. The van der Waals surface area contributed by atoms with Crippen LogP contribution in [0.25, 0.3) is 0 Å². The number of ether oxygens (including phenoxy) is 1. The Labute approximate surface area is 116 Å². The largest absolute Gasteiger partial charge is 0.446 e. The van der Waals surface area contributed by atoms with Crippen molar-refractivity contribution < 1.29 is 14.3 Å². The highest BCUT2D eigenvalue weighted by atomic mass is 16.6. The van der Waals surface area contributed by atoms with Crippen molar-refractivity contribution in [2.75, 3.05) is 19.6 Å². The van der Waals surface area contributed by atoms with Crippen molar-refractivity contribution in [2.24, 2.45) is 0 Å². The molecule has 0 rings (SSSR count). The van der Waals surface area contributed by atoms with Crippen LogP contribution < -0.4 is 10.6 Å². The van der Waals surface area contributed by atoms with E-state index in [2.05, 4.69) is 17.6 Å². The van der Waals surface area contributed by atoms with Crippen molar-refractivity contribution >= 4 is 11.9 Å². The molecule has 112 valence electrons. The van der Waals surface area contributed by atoms with Gasteiger partial charge in [-0.3, -0.25) is 0 Å². The molecule has 0 saturated carbocycles. The molecule has 5 nitrogen and oxygen atoms in total. The number of carbonyl (C=O) groups excluding carboxylic acids is 2. The standard InChI is InChI=1S/C14H28N2O3/c1-4-6-7-13(9-8-12(3)17)19-14(18)16-11-10-15-5-2/h13,15H,4-11H2,1-3H3,(H,16,18). The topological polar surface area (TPSA) is 67.4 Å². The van der Waals surface area contributed by atoms with Crippen LogP contribution in [-0.2, 0) is 9.53 Å². The molecular weight excluding hydrogens is 244 g/mol. The Morgan fingerprint density at radius 2 is 1.89 bits per heavy atom. The van der Waals surface area contributed by atoms with E-state index in [0.29, 0.717) is 19.4 Å². The van der Waals surface area contributed by atoms with Crippen LogP contribution in [0, 0.1) is 0 Å². The Morgan fingerprint density at radius 1 is 1.16 bits per heavy atom. The number of rotatable bonds is 11. The first kappa shape index (κ1) is 17.9. The third-order valence-corrected chi connectivity index (χ3v) is 2.79. The lowest BCUT2D eigenvalue weighted by Crippen LogP contribution is -2.34. The van der Waals surface area contributed by atoms with Crippen LogP contribution in [0.1, 0.15) is 52.9 Å². The van der Waals surface area contributed by atoms with Crippen LogP contribution in [0.4, 0.5) is 4.79 Å². The average molecular weight is 272 g/mol. The van der Waals surface area contributed by atoms with Crippen molar-refractivity contribution in [2.45, 2.75) is 59.0 Å². The molecular formula is C14H28N2O3. The third-order valence-electron chi connectivity index (χ3n) is 2.79. The maximum absolute atomic E-state index is 11.6. The van der Waals surface area contributed by atoms with Gasteiger partial charge in [0.1, 0.15) is 11.9 Å². The predicted octanol–water partition coefficient (Wildman–Crippen LogP) is 2.25. The second-order valence-corrected chi connectivity index (χ2v) is 4.69. The molecule has 0 saturated heterocycles. The zero-order chi connectivity index (χ0) is 14.5. The smallest absolute Gasteiger partial charge is 0.407 e. The van der Waals surface area contributed by atoms with Crippen LogP contribution in [0.3, 0.4) is 0 Å². The summed E-state index contributed by atoms with van der Waals surface area (Å²) in [6.45, 7) is 7.85. The fourth-order valence-electron chi connectivity index (χ4n) is 1.68. The number of nitrogens with one attached hydrogen (secondary N) is 2. The molecule has 0 aromatic heterocycles. The molecule has 0 aromatic carbocycles. The average Bonchev–Trinajstić information content (AvgIpc) is 2.37. The van der Waals surface area contributed by atoms with Crippen LogP contribution in [-0.4, -0.2) is 37.6 Å². The zero-order valence-corrected chi connectivity index (χ0v) is 12.5. The summed E-state index contributed by atoms with van der Waals surface area (Å²) in [5, 5.41) is 5.82. The Balaban J connectivity index is 3.92. The van der Waals surface area contributed by atoms with E-state index in [1.54, 1.807) is 6.92 Å². The summed E-state index contributed by atoms with van der Waals surface area (Å²) in [6.07, 6.45) is 3.44. The lowest BCUT2D eigenvalue weighted by atomic mass is 10.1. The molecule has 0 aliphatic heterocycles. The number of hydrogen-bond acceptors (Lipinski definition) is 4. The number of carbonyl (C=O) groups is 2. The van der Waals surface area contributed by atoms with E-state index in [9.17, 15) is 9.59 Å². The fraction of sp³-hybridized carbons (Fsp3) is 0.857.